The van der Waals surface area contributed by atoms with E-state index in [4.69, 9.17) is 20.8 Å². The Kier molecular flexibility index (Phi) is 4.92. The van der Waals surface area contributed by atoms with Crippen molar-refractivity contribution in [2.75, 3.05) is 18.5 Å². The van der Waals surface area contributed by atoms with Crippen molar-refractivity contribution in [2.24, 2.45) is 0 Å². The van der Waals surface area contributed by atoms with Crippen molar-refractivity contribution >= 4 is 45.0 Å². The number of oxazole rings is 1. The van der Waals surface area contributed by atoms with Crippen LogP contribution in [-0.4, -0.2) is 50.6 Å². The van der Waals surface area contributed by atoms with Gasteiger partial charge in [-0.15, -0.1) is 0 Å². The summed E-state index contributed by atoms with van der Waals surface area (Å²) in [6, 6.07) is 5.05. The molecule has 8 nitrogen and oxygen atoms in total. The summed E-state index contributed by atoms with van der Waals surface area (Å²) in [6.45, 7) is 5.25. The van der Waals surface area contributed by atoms with Gasteiger partial charge < -0.3 is 19.5 Å². The maximum Gasteiger partial charge on any atom is 0.244 e. The summed E-state index contributed by atoms with van der Waals surface area (Å²) >= 11 is 6.37. The van der Waals surface area contributed by atoms with Crippen LogP contribution in [0.2, 0.25) is 5.02 Å². The van der Waals surface area contributed by atoms with Crippen LogP contribution in [0.25, 0.3) is 21.8 Å². The van der Waals surface area contributed by atoms with Gasteiger partial charge in [0.2, 0.25) is 11.8 Å². The molecular formula is C22H22ClN5O3. The number of carbonyl (C=O) groups is 1. The molecule has 0 aliphatic carbocycles. The van der Waals surface area contributed by atoms with E-state index in [-0.39, 0.29) is 18.1 Å². The van der Waals surface area contributed by atoms with Gasteiger partial charge in [0.25, 0.3) is 0 Å². The van der Waals surface area contributed by atoms with E-state index < -0.39 is 6.04 Å². The lowest BCUT2D eigenvalue weighted by Crippen LogP contribution is -2.57. The number of H-pyrrole nitrogens is 1. The number of anilines is 1. The molecule has 1 aliphatic rings. The summed E-state index contributed by atoms with van der Waals surface area (Å²) in [6.07, 6.45) is 6.62. The third-order valence-electron chi connectivity index (χ3n) is 5.51. The fourth-order valence-electron chi connectivity index (χ4n) is 4.10. The van der Waals surface area contributed by atoms with E-state index in [1.54, 1.807) is 24.7 Å². The normalized spacial score (nSPS) is 19.1. The van der Waals surface area contributed by atoms with Gasteiger partial charge in [0.05, 0.1) is 47.9 Å². The number of aromatic amines is 1. The molecule has 1 aliphatic heterocycles. The van der Waals surface area contributed by atoms with Crippen LogP contribution in [-0.2, 0) is 16.1 Å². The molecule has 1 atom stereocenters. The van der Waals surface area contributed by atoms with Crippen molar-refractivity contribution in [1.29, 1.82) is 0 Å². The Morgan fingerprint density at radius 2 is 2.23 bits per heavy atom. The fourth-order valence-corrected chi connectivity index (χ4v) is 4.32. The average molecular weight is 440 g/mol. The number of pyridine rings is 1. The first kappa shape index (κ1) is 20.0. The molecule has 4 heterocycles. The molecule has 1 fully saturated rings. The van der Waals surface area contributed by atoms with Gasteiger partial charge in [-0.1, -0.05) is 11.6 Å². The first-order valence-corrected chi connectivity index (χ1v) is 10.4. The Balaban J connectivity index is 1.46. The molecule has 1 aromatic carbocycles. The minimum Gasteiger partial charge on any atom is -0.448 e. The average Bonchev–Trinajstić information content (AvgIpc) is 3.35. The molecule has 0 unspecified atom stereocenters. The smallest absolute Gasteiger partial charge is 0.244 e. The Morgan fingerprint density at radius 1 is 1.35 bits per heavy atom. The standard InChI is InChI=1S/C22H22ClN5O3/c1-22(2)12-28(10-19-25-5-6-30-19)18(11-31-22)21(29)27-16-8-13(23)7-15-14-3-4-24-9-17(14)26-20(15)16/h3-9,18,26H,10-12H2,1-2H3,(H,27,29)/t18-/m0/s1. The molecule has 0 saturated carbocycles. The molecule has 0 radical (unpaired) electrons. The zero-order valence-electron chi connectivity index (χ0n) is 17.2. The molecule has 9 heteroatoms. The van der Waals surface area contributed by atoms with Gasteiger partial charge in [-0.25, -0.2) is 4.98 Å². The van der Waals surface area contributed by atoms with Gasteiger partial charge in [-0.2, -0.15) is 0 Å². The summed E-state index contributed by atoms with van der Waals surface area (Å²) in [5.74, 6) is 0.381. The number of ether oxygens (including phenoxy) is 1. The number of amides is 1. The zero-order valence-corrected chi connectivity index (χ0v) is 17.9. The maximum absolute atomic E-state index is 13.3. The van der Waals surface area contributed by atoms with Crippen LogP contribution in [0.4, 0.5) is 5.69 Å². The number of hydrogen-bond acceptors (Lipinski definition) is 6. The number of rotatable bonds is 4. The largest absolute Gasteiger partial charge is 0.448 e. The Labute approximate surface area is 183 Å². The quantitative estimate of drug-likeness (QED) is 0.499. The first-order chi connectivity index (χ1) is 14.9. The summed E-state index contributed by atoms with van der Waals surface area (Å²) in [5, 5.41) is 5.51. The van der Waals surface area contributed by atoms with Crippen molar-refractivity contribution in [1.82, 2.24) is 19.9 Å². The van der Waals surface area contributed by atoms with Crippen LogP contribution in [0.5, 0.6) is 0 Å². The molecule has 4 aromatic rings. The molecule has 3 aromatic heterocycles. The summed E-state index contributed by atoms with van der Waals surface area (Å²) < 4.78 is 11.4. The second kappa shape index (κ2) is 7.64. The van der Waals surface area contributed by atoms with E-state index in [0.717, 1.165) is 21.8 Å². The topological polar surface area (TPSA) is 96.3 Å². The molecule has 2 N–H and O–H groups in total. The van der Waals surface area contributed by atoms with Crippen molar-refractivity contribution < 1.29 is 13.9 Å². The summed E-state index contributed by atoms with van der Waals surface area (Å²) in [7, 11) is 0. The predicted octanol–water partition coefficient (Wildman–Crippen LogP) is 3.98. The lowest BCUT2D eigenvalue weighted by atomic mass is 10.0. The fraction of sp³-hybridized carbons (Fsp3) is 0.318. The van der Waals surface area contributed by atoms with Gasteiger partial charge in [0.1, 0.15) is 12.3 Å². The van der Waals surface area contributed by atoms with Crippen molar-refractivity contribution in [2.45, 2.75) is 32.0 Å². The minimum absolute atomic E-state index is 0.178. The van der Waals surface area contributed by atoms with Crippen molar-refractivity contribution in [3.8, 4) is 0 Å². The van der Waals surface area contributed by atoms with E-state index in [2.05, 4.69) is 20.3 Å². The molecule has 5 rings (SSSR count). The number of nitrogens with zero attached hydrogens (tertiary/aromatic N) is 3. The van der Waals surface area contributed by atoms with Gasteiger partial charge in [-0.3, -0.25) is 14.7 Å². The van der Waals surface area contributed by atoms with Gasteiger partial charge >= 0.3 is 0 Å². The van der Waals surface area contributed by atoms with Crippen LogP contribution in [0.1, 0.15) is 19.7 Å². The molecule has 0 bridgehead atoms. The second-order valence-electron chi connectivity index (χ2n) is 8.33. The Bertz CT molecular complexity index is 1250. The lowest BCUT2D eigenvalue weighted by molar-refractivity contribution is -0.145. The van der Waals surface area contributed by atoms with Crippen LogP contribution < -0.4 is 5.32 Å². The van der Waals surface area contributed by atoms with E-state index >= 15 is 0 Å². The number of halogens is 1. The van der Waals surface area contributed by atoms with Crippen molar-refractivity contribution in [3.63, 3.8) is 0 Å². The number of aromatic nitrogens is 3. The van der Waals surface area contributed by atoms with E-state index in [0.29, 0.717) is 29.7 Å². The van der Waals surface area contributed by atoms with Crippen LogP contribution >= 0.6 is 11.6 Å². The van der Waals surface area contributed by atoms with E-state index in [1.807, 2.05) is 30.9 Å². The SMILES string of the molecule is CC1(C)CN(Cc2ncco2)[C@H](C(=O)Nc2cc(Cl)cc3c2[nH]c2cnccc23)CO1. The summed E-state index contributed by atoms with van der Waals surface area (Å²) in [5.41, 5.74) is 1.92. The number of carbonyl (C=O) groups excluding carboxylic acids is 1. The monoisotopic (exact) mass is 439 g/mol. The highest BCUT2D eigenvalue weighted by Gasteiger charge is 2.38. The minimum atomic E-state index is -0.500. The molecule has 1 amide bonds. The number of nitrogens with one attached hydrogen (secondary N) is 2. The zero-order chi connectivity index (χ0) is 21.6. The Hall–Kier alpha value is -2.94. The van der Waals surface area contributed by atoms with E-state index in [1.165, 1.54) is 6.26 Å². The molecule has 1 saturated heterocycles. The highest BCUT2D eigenvalue weighted by Crippen LogP contribution is 2.33. The number of fused-ring (bicyclic) bond motifs is 3. The molecule has 0 spiro atoms. The number of benzene rings is 1. The van der Waals surface area contributed by atoms with Crippen molar-refractivity contribution in [3.05, 3.63) is 54.0 Å². The third kappa shape index (κ3) is 3.89. The third-order valence-corrected chi connectivity index (χ3v) is 5.73. The first-order valence-electron chi connectivity index (χ1n) is 10.0. The van der Waals surface area contributed by atoms with Crippen LogP contribution in [0, 0.1) is 0 Å². The number of hydrogen-bond donors (Lipinski definition) is 2. The predicted molar refractivity (Wildman–Crippen MR) is 118 cm³/mol. The van der Waals surface area contributed by atoms with Crippen LogP contribution in [0.3, 0.4) is 0 Å². The highest BCUT2D eigenvalue weighted by atomic mass is 35.5. The Morgan fingerprint density at radius 3 is 3.03 bits per heavy atom. The van der Waals surface area contributed by atoms with Gasteiger partial charge in [-0.05, 0) is 32.0 Å². The second-order valence-corrected chi connectivity index (χ2v) is 8.77. The summed E-state index contributed by atoms with van der Waals surface area (Å²) in [4.78, 5) is 27.1. The van der Waals surface area contributed by atoms with E-state index in [9.17, 15) is 4.79 Å². The van der Waals surface area contributed by atoms with Gasteiger partial charge in [0.15, 0.2) is 0 Å². The molecule has 31 heavy (non-hydrogen) atoms. The maximum atomic E-state index is 13.3. The van der Waals surface area contributed by atoms with Gasteiger partial charge in [0, 0.05) is 28.5 Å². The van der Waals surface area contributed by atoms with Crippen LogP contribution in [0.15, 0.2) is 47.5 Å². The highest BCUT2D eigenvalue weighted by molar-refractivity contribution is 6.33. The molecular weight excluding hydrogens is 418 g/mol. The molecule has 160 valence electrons. The number of morpholine rings is 1. The lowest BCUT2D eigenvalue weighted by Gasteiger charge is -2.42.